The van der Waals surface area contributed by atoms with E-state index < -0.39 is 9.85 Å². The van der Waals surface area contributed by atoms with Crippen molar-refractivity contribution in [2.24, 2.45) is 0 Å². The van der Waals surface area contributed by atoms with Gasteiger partial charge < -0.3 is 21.3 Å². The molecule has 10 nitrogen and oxygen atoms in total. The molecule has 2 aliphatic rings. The molecule has 0 spiro atoms. The van der Waals surface area contributed by atoms with Crippen LogP contribution in [-0.2, 0) is 25.9 Å². The number of rotatable bonds is 2. The maximum Gasteiger partial charge on any atom is 0.255 e. The van der Waals surface area contributed by atoms with Gasteiger partial charge in [0.25, 0.3) is 11.4 Å². The average Bonchev–Trinajstić information content (AvgIpc) is 2.73. The smallest absolute Gasteiger partial charge is 0.255 e. The second-order valence-electron chi connectivity index (χ2n) is 7.91. The second-order valence-corrected chi connectivity index (χ2v) is 9.62. The molecule has 2 aliphatic heterocycles. The van der Waals surface area contributed by atoms with Crippen LogP contribution in [0, 0.1) is 108 Å². The molecule has 0 atom stereocenters. The molecular weight excluding hydrogens is 1000 g/mol. The van der Waals surface area contributed by atoms with Gasteiger partial charge in [0.15, 0.2) is 0 Å². The maximum absolute atomic E-state index is 10.8. The first kappa shape index (κ1) is 32.6. The predicted molar refractivity (Wildman–Crippen MR) is 130 cm³/mol. The van der Waals surface area contributed by atoms with Crippen LogP contribution in [0.1, 0.15) is 22.3 Å². The third-order valence-corrected chi connectivity index (χ3v) is 7.10. The van der Waals surface area contributed by atoms with Crippen molar-refractivity contribution in [3.63, 3.8) is 0 Å². The fraction of sp³-hybridized carbons (Fsp3) is 0.400. The van der Waals surface area contributed by atoms with Crippen LogP contribution in [0.25, 0.3) is 11.5 Å². The van der Waals surface area contributed by atoms with Crippen LogP contribution >= 0.6 is 31.9 Å². The number of benzene rings is 2. The van der Waals surface area contributed by atoms with Crippen LogP contribution < -0.4 is 0 Å². The van der Waals surface area contributed by atoms with Crippen molar-refractivity contribution >= 4 is 54.6 Å². The van der Waals surface area contributed by atoms with Crippen LogP contribution in [-0.4, -0.2) is 46.8 Å². The zero-order chi connectivity index (χ0) is 23.7. The van der Waals surface area contributed by atoms with Gasteiger partial charge in [-0.15, -0.1) is 0 Å². The van der Waals surface area contributed by atoms with Gasteiger partial charge in [0, 0.05) is 135 Å². The first-order valence-corrected chi connectivity index (χ1v) is 11.4. The molecule has 0 bridgehead atoms. The van der Waals surface area contributed by atoms with Gasteiger partial charge in [0.1, 0.15) is 0 Å². The molecule has 0 unspecified atom stereocenters. The van der Waals surface area contributed by atoms with E-state index in [0.717, 1.165) is 57.1 Å². The fourth-order valence-corrected chi connectivity index (χ4v) is 5.25. The standard InChI is InChI=1S/2C10H11BrN3O2.2Ac/c2*1-13-3-2-6-7(5-13)10(12)9(14(15)16)4-8(6)11;;/h2*4,12H,2-3,5H2,1H3;;/q2*-1;;. The van der Waals surface area contributed by atoms with Gasteiger partial charge in [0.05, 0.1) is 9.85 Å². The number of nitro benzene ring substituents is 2. The SMILES string of the molecule is CN1CCc2c(Br)cc([N+](=O)[O-])c([NH-])c2C1.CN1CCc2c(Br)cc([N+](=O)[O-])c([NH-])c2C1.[Ac].[Ac]. The molecule has 2 aromatic rings. The van der Waals surface area contributed by atoms with Crippen molar-refractivity contribution in [2.75, 3.05) is 27.2 Å². The largest absolute Gasteiger partial charge is 0.693 e. The molecule has 2 heterocycles. The number of nitro groups is 2. The fourth-order valence-electron chi connectivity index (χ4n) is 3.94. The number of likely N-dealkylation sites (N-methyl/N-ethyl adjacent to an activating group) is 2. The van der Waals surface area contributed by atoms with E-state index in [0.29, 0.717) is 13.1 Å². The Bertz CT molecular complexity index is 1020. The molecule has 4 rings (SSSR count). The van der Waals surface area contributed by atoms with E-state index in [9.17, 15) is 20.2 Å². The van der Waals surface area contributed by atoms with Gasteiger partial charge >= 0.3 is 0 Å². The molecule has 14 heteroatoms. The summed E-state index contributed by atoms with van der Waals surface area (Å²) in [5.74, 6) is 0. The van der Waals surface area contributed by atoms with Crippen LogP contribution in [0.15, 0.2) is 21.1 Å². The van der Waals surface area contributed by atoms with Crippen LogP contribution in [0.3, 0.4) is 0 Å². The summed E-state index contributed by atoms with van der Waals surface area (Å²) in [7, 11) is 3.91. The van der Waals surface area contributed by atoms with Crippen molar-refractivity contribution in [2.45, 2.75) is 25.9 Å². The van der Waals surface area contributed by atoms with E-state index in [1.165, 1.54) is 12.1 Å². The summed E-state index contributed by atoms with van der Waals surface area (Å²) in [6, 6.07) is 2.87. The van der Waals surface area contributed by atoms with Crippen molar-refractivity contribution in [1.82, 2.24) is 9.80 Å². The van der Waals surface area contributed by atoms with Crippen molar-refractivity contribution in [1.29, 1.82) is 0 Å². The van der Waals surface area contributed by atoms with E-state index in [4.69, 9.17) is 11.5 Å². The number of hydrogen-bond donors (Lipinski definition) is 0. The van der Waals surface area contributed by atoms with E-state index in [-0.39, 0.29) is 111 Å². The van der Waals surface area contributed by atoms with Gasteiger partial charge in [-0.25, -0.2) is 0 Å². The molecule has 2 radical (unpaired) electrons. The first-order chi connectivity index (χ1) is 15.0. The monoisotopic (exact) mass is 1020 g/mol. The number of halogens is 2. The van der Waals surface area contributed by atoms with Gasteiger partial charge in [-0.3, -0.25) is 20.2 Å². The normalized spacial score (nSPS) is 14.9. The molecule has 0 aliphatic carbocycles. The predicted octanol–water partition coefficient (Wildman–Crippen LogP) is 6.06. The quantitative estimate of drug-likeness (QED) is 0.265. The summed E-state index contributed by atoms with van der Waals surface area (Å²) in [5.41, 5.74) is 19.2. The summed E-state index contributed by atoms with van der Waals surface area (Å²) < 4.78 is 1.50. The minimum Gasteiger partial charge on any atom is -0.693 e. The van der Waals surface area contributed by atoms with Gasteiger partial charge in [0.2, 0.25) is 0 Å². The summed E-state index contributed by atoms with van der Waals surface area (Å²) in [5, 5.41) is 21.6. The van der Waals surface area contributed by atoms with E-state index in [2.05, 4.69) is 41.7 Å². The van der Waals surface area contributed by atoms with Gasteiger partial charge in [-0.2, -0.15) is 0 Å². The van der Waals surface area contributed by atoms with E-state index in [1.54, 1.807) is 0 Å². The van der Waals surface area contributed by atoms with E-state index in [1.807, 2.05) is 14.1 Å². The summed E-state index contributed by atoms with van der Waals surface area (Å²) >= 11 is 6.70. The van der Waals surface area contributed by atoms with Crippen LogP contribution in [0.5, 0.6) is 0 Å². The second kappa shape index (κ2) is 13.9. The summed E-state index contributed by atoms with van der Waals surface area (Å²) in [6.45, 7) is 3.05. The number of nitrogens with one attached hydrogen (secondary N) is 2. The van der Waals surface area contributed by atoms with Crippen molar-refractivity contribution in [3.05, 3.63) is 75.0 Å². The third kappa shape index (κ3) is 7.34. The van der Waals surface area contributed by atoms with Crippen LogP contribution in [0.4, 0.5) is 22.7 Å². The molecule has 2 aromatic carbocycles. The van der Waals surface area contributed by atoms with Crippen molar-refractivity contribution in [3.8, 4) is 0 Å². The molecular formula is C20H22Ac2Br2N6O4-2. The molecule has 2 N–H and O–H groups in total. The first-order valence-electron chi connectivity index (χ1n) is 9.78. The Labute approximate surface area is 286 Å². The van der Waals surface area contributed by atoms with Crippen molar-refractivity contribution < 1.29 is 98.0 Å². The Morgan fingerprint density at radius 2 is 1.09 bits per heavy atom. The van der Waals surface area contributed by atoms with Gasteiger partial charge in [-0.05, 0) is 49.2 Å². The minimum absolute atomic E-state index is 0. The average molecular weight is 1020 g/mol. The number of fused-ring (bicyclic) bond motifs is 2. The Morgan fingerprint density at radius 3 is 1.38 bits per heavy atom. The molecule has 0 fully saturated rings. The van der Waals surface area contributed by atoms with E-state index >= 15 is 0 Å². The zero-order valence-electron chi connectivity index (χ0n) is 18.7. The molecule has 0 amide bonds. The molecule has 178 valence electrons. The topological polar surface area (TPSA) is 140 Å². The third-order valence-electron chi connectivity index (χ3n) is 5.68. The van der Waals surface area contributed by atoms with Gasteiger partial charge in [-0.1, -0.05) is 43.2 Å². The minimum atomic E-state index is -0.498. The molecule has 0 saturated carbocycles. The Morgan fingerprint density at radius 1 is 0.765 bits per heavy atom. The number of nitrogens with zero attached hydrogens (tertiary/aromatic N) is 4. The summed E-state index contributed by atoms with van der Waals surface area (Å²) in [4.78, 5) is 24.7. The molecule has 0 saturated heterocycles. The molecule has 34 heavy (non-hydrogen) atoms. The Kier molecular flexibility index (Phi) is 13.4. The summed E-state index contributed by atoms with van der Waals surface area (Å²) in [6.07, 6.45) is 1.66. The number of hydrogen-bond acceptors (Lipinski definition) is 6. The Hall–Kier alpha value is 0.603. The Balaban J connectivity index is 0.000000321. The zero-order valence-corrected chi connectivity index (χ0v) is 31.4. The van der Waals surface area contributed by atoms with Crippen LogP contribution in [0.2, 0.25) is 0 Å². The maximum atomic E-state index is 10.8. The molecule has 0 aromatic heterocycles.